The predicted octanol–water partition coefficient (Wildman–Crippen LogP) is 6.31. The van der Waals surface area contributed by atoms with E-state index in [4.69, 9.17) is 4.74 Å². The summed E-state index contributed by atoms with van der Waals surface area (Å²) in [6.07, 6.45) is -1.08. The molecular weight excluding hydrogens is 493 g/mol. The number of hydrogen-bond donors (Lipinski definition) is 3. The molecule has 3 N–H and O–H groups in total. The number of methoxy groups -OCH3 is 1. The molecule has 7 nitrogen and oxygen atoms in total. The van der Waals surface area contributed by atoms with E-state index in [1.165, 1.54) is 48.8 Å². The summed E-state index contributed by atoms with van der Waals surface area (Å²) in [6, 6.07) is 12.3. The minimum absolute atomic E-state index is 0.0156. The fourth-order valence-electron chi connectivity index (χ4n) is 3.70. The Hall–Kier alpha value is -4.38. The maximum absolute atomic E-state index is 13.0. The monoisotopic (exact) mass is 510 g/mol. The van der Waals surface area contributed by atoms with Crippen molar-refractivity contribution in [3.05, 3.63) is 83.0 Å². The van der Waals surface area contributed by atoms with E-state index in [1.54, 1.807) is 18.5 Å². The van der Waals surface area contributed by atoms with Crippen LogP contribution in [0.5, 0.6) is 5.75 Å². The first-order valence-electron chi connectivity index (χ1n) is 10.6. The van der Waals surface area contributed by atoms with E-state index in [-0.39, 0.29) is 22.7 Å². The molecule has 0 spiro atoms. The number of carbonyl (C=O) groups is 2. The van der Waals surface area contributed by atoms with Gasteiger partial charge in [-0.1, -0.05) is 6.07 Å². The summed E-state index contributed by atoms with van der Waals surface area (Å²) in [5.41, 5.74) is 0.209. The molecular formula is C25H17F3N4O3S. The first-order chi connectivity index (χ1) is 17.2. The van der Waals surface area contributed by atoms with Gasteiger partial charge in [-0.05, 0) is 42.5 Å². The number of rotatable bonds is 5. The van der Waals surface area contributed by atoms with Gasteiger partial charge in [0.25, 0.3) is 11.8 Å². The number of fused-ring (bicyclic) bond motifs is 3. The highest BCUT2D eigenvalue weighted by atomic mass is 32.1. The highest BCUT2D eigenvalue weighted by Gasteiger charge is 2.30. The molecule has 0 aliphatic rings. The van der Waals surface area contributed by atoms with Crippen LogP contribution in [0.2, 0.25) is 0 Å². The second kappa shape index (κ2) is 9.00. The Morgan fingerprint density at radius 3 is 2.58 bits per heavy atom. The topological polar surface area (TPSA) is 96.1 Å². The van der Waals surface area contributed by atoms with E-state index in [9.17, 15) is 22.8 Å². The molecule has 0 saturated carbocycles. The van der Waals surface area contributed by atoms with Crippen LogP contribution in [0.4, 0.5) is 24.5 Å². The second-order valence-corrected chi connectivity index (χ2v) is 8.88. The number of halogens is 3. The predicted molar refractivity (Wildman–Crippen MR) is 132 cm³/mol. The Morgan fingerprint density at radius 2 is 1.81 bits per heavy atom. The summed E-state index contributed by atoms with van der Waals surface area (Å²) in [6.45, 7) is 0. The summed E-state index contributed by atoms with van der Waals surface area (Å²) in [5, 5.41) is 6.94. The number of benzene rings is 2. The van der Waals surface area contributed by atoms with Gasteiger partial charge in [-0.25, -0.2) is 4.98 Å². The van der Waals surface area contributed by atoms with Crippen molar-refractivity contribution in [3.63, 3.8) is 0 Å². The molecule has 2 amide bonds. The lowest BCUT2D eigenvalue weighted by atomic mass is 10.1. The normalized spacial score (nSPS) is 11.6. The number of aromatic nitrogens is 2. The first-order valence-corrected chi connectivity index (χ1v) is 11.4. The first kappa shape index (κ1) is 23.4. The molecule has 0 unspecified atom stereocenters. The Morgan fingerprint density at radius 1 is 1.00 bits per heavy atom. The van der Waals surface area contributed by atoms with E-state index in [2.05, 4.69) is 20.6 Å². The third kappa shape index (κ3) is 4.60. The van der Waals surface area contributed by atoms with Crippen LogP contribution in [0.3, 0.4) is 0 Å². The average molecular weight is 510 g/mol. The summed E-state index contributed by atoms with van der Waals surface area (Å²) in [5.74, 6) is -0.763. The van der Waals surface area contributed by atoms with Crippen LogP contribution in [0.15, 0.2) is 67.0 Å². The van der Waals surface area contributed by atoms with Gasteiger partial charge in [-0.3, -0.25) is 9.59 Å². The van der Waals surface area contributed by atoms with Crippen molar-refractivity contribution in [3.8, 4) is 5.75 Å². The molecule has 2 aromatic carbocycles. The lowest BCUT2D eigenvalue weighted by Gasteiger charge is -2.12. The van der Waals surface area contributed by atoms with Crippen molar-refractivity contribution in [2.75, 3.05) is 17.7 Å². The smallest absolute Gasteiger partial charge is 0.416 e. The number of nitrogens with zero attached hydrogens (tertiary/aromatic N) is 1. The molecule has 11 heteroatoms. The summed E-state index contributed by atoms with van der Waals surface area (Å²) < 4.78 is 45.1. The summed E-state index contributed by atoms with van der Waals surface area (Å²) >= 11 is 1.31. The molecule has 0 aliphatic heterocycles. The number of anilines is 2. The Kier molecular flexibility index (Phi) is 5.84. The third-order valence-electron chi connectivity index (χ3n) is 5.40. The molecule has 36 heavy (non-hydrogen) atoms. The van der Waals surface area contributed by atoms with Crippen LogP contribution >= 0.6 is 11.3 Å². The van der Waals surface area contributed by atoms with Crippen molar-refractivity contribution in [1.29, 1.82) is 0 Å². The number of carbonyl (C=O) groups excluding carboxylic acids is 2. The number of nitrogens with one attached hydrogen (secondary N) is 3. The maximum atomic E-state index is 13.0. The lowest BCUT2D eigenvalue weighted by molar-refractivity contribution is -0.137. The van der Waals surface area contributed by atoms with E-state index in [0.29, 0.717) is 4.88 Å². The van der Waals surface area contributed by atoms with Crippen molar-refractivity contribution >= 4 is 55.6 Å². The zero-order chi connectivity index (χ0) is 25.4. The molecule has 3 heterocycles. The van der Waals surface area contributed by atoms with Crippen LogP contribution in [-0.2, 0) is 6.18 Å². The number of pyridine rings is 1. The fourth-order valence-corrected chi connectivity index (χ4v) is 4.75. The van der Waals surface area contributed by atoms with Gasteiger partial charge < -0.3 is 20.4 Å². The number of aromatic amines is 1. The van der Waals surface area contributed by atoms with Crippen LogP contribution in [-0.4, -0.2) is 28.9 Å². The Balaban J connectivity index is 1.39. The zero-order valence-electron chi connectivity index (χ0n) is 18.6. The van der Waals surface area contributed by atoms with Crippen molar-refractivity contribution in [2.24, 2.45) is 0 Å². The van der Waals surface area contributed by atoms with Crippen LogP contribution in [0.1, 0.15) is 25.6 Å². The second-order valence-electron chi connectivity index (χ2n) is 7.83. The van der Waals surface area contributed by atoms with Gasteiger partial charge in [0, 0.05) is 50.9 Å². The number of thiophene rings is 1. The highest BCUT2D eigenvalue weighted by molar-refractivity contribution is 7.21. The molecule has 0 atom stereocenters. The van der Waals surface area contributed by atoms with Gasteiger partial charge in [0.1, 0.15) is 11.4 Å². The zero-order valence-corrected chi connectivity index (χ0v) is 19.4. The van der Waals surface area contributed by atoms with Gasteiger partial charge in [-0.2, -0.15) is 13.2 Å². The highest BCUT2D eigenvalue weighted by Crippen LogP contribution is 2.33. The molecule has 182 valence electrons. The maximum Gasteiger partial charge on any atom is 0.416 e. The number of ether oxygens (including phenoxy) is 1. The Bertz CT molecular complexity index is 1620. The molecule has 0 aliphatic carbocycles. The van der Waals surface area contributed by atoms with Crippen molar-refractivity contribution in [1.82, 2.24) is 9.97 Å². The van der Waals surface area contributed by atoms with E-state index >= 15 is 0 Å². The summed E-state index contributed by atoms with van der Waals surface area (Å²) in [4.78, 5) is 33.6. The molecule has 0 radical (unpaired) electrons. The van der Waals surface area contributed by atoms with Crippen LogP contribution in [0, 0.1) is 0 Å². The largest absolute Gasteiger partial charge is 0.497 e. The number of amides is 2. The van der Waals surface area contributed by atoms with Crippen molar-refractivity contribution in [2.45, 2.75) is 6.18 Å². The van der Waals surface area contributed by atoms with Gasteiger partial charge in [0.15, 0.2) is 0 Å². The van der Waals surface area contributed by atoms with Crippen molar-refractivity contribution < 1.29 is 27.5 Å². The van der Waals surface area contributed by atoms with Crippen LogP contribution in [0.25, 0.3) is 21.1 Å². The van der Waals surface area contributed by atoms with Gasteiger partial charge in [0.05, 0.1) is 17.6 Å². The minimum Gasteiger partial charge on any atom is -0.497 e. The summed E-state index contributed by atoms with van der Waals surface area (Å²) in [7, 11) is 1.40. The molecule has 0 saturated heterocycles. The number of hydrogen-bond acceptors (Lipinski definition) is 5. The molecule has 5 aromatic rings. The number of alkyl halides is 3. The SMILES string of the molecule is COc1cc(NC(=O)c2cc3cnc4[nH]ccc4c3s2)cc(C(=O)Nc2cccc(C(F)(F)F)c2)c1. The minimum atomic E-state index is -4.54. The molecule has 3 aromatic heterocycles. The van der Waals surface area contributed by atoms with Gasteiger partial charge >= 0.3 is 6.18 Å². The van der Waals surface area contributed by atoms with Crippen LogP contribution < -0.4 is 15.4 Å². The quantitative estimate of drug-likeness (QED) is 0.258. The van der Waals surface area contributed by atoms with Gasteiger partial charge in [0.2, 0.25) is 0 Å². The molecule has 0 fully saturated rings. The van der Waals surface area contributed by atoms with E-state index in [1.807, 2.05) is 6.07 Å². The standard InChI is InChI=1S/C25H17F3N4O3S/c1-35-18-8-13(23(33)31-16-4-2-3-15(10-16)25(26,27)28)7-17(11-18)32-24(34)20-9-14-12-30-22-19(5-6-29-22)21(14)36-20/h2-12H,1H3,(H,29,30)(H,31,33)(H,32,34). The van der Waals surface area contributed by atoms with E-state index in [0.717, 1.165) is 33.3 Å². The van der Waals surface area contributed by atoms with E-state index < -0.39 is 23.6 Å². The molecule has 0 bridgehead atoms. The number of H-pyrrole nitrogens is 1. The molecule has 5 rings (SSSR count). The average Bonchev–Trinajstić information content (AvgIpc) is 3.50. The Labute approximate surface area is 205 Å². The van der Waals surface area contributed by atoms with Gasteiger partial charge in [-0.15, -0.1) is 11.3 Å². The fraction of sp³-hybridized carbons (Fsp3) is 0.0800. The third-order valence-corrected chi connectivity index (χ3v) is 6.58. The lowest BCUT2D eigenvalue weighted by Crippen LogP contribution is -2.15.